The Kier molecular flexibility index (Phi) is 3.38. The molecule has 0 aliphatic carbocycles. The van der Waals surface area contributed by atoms with Crippen molar-refractivity contribution in [2.45, 2.75) is 19.0 Å². The molecule has 2 rings (SSSR count). The van der Waals surface area contributed by atoms with Crippen molar-refractivity contribution in [3.05, 3.63) is 48.0 Å². The molecule has 0 aliphatic rings. The van der Waals surface area contributed by atoms with Gasteiger partial charge < -0.3 is 11.5 Å². The first-order valence-corrected chi connectivity index (χ1v) is 5.60. The summed E-state index contributed by atoms with van der Waals surface area (Å²) in [6, 6.07) is 5.18. The molecule has 94 valence electrons. The Morgan fingerprint density at radius 1 is 1.44 bits per heavy atom. The Morgan fingerprint density at radius 3 is 2.72 bits per heavy atom. The lowest BCUT2D eigenvalue weighted by molar-refractivity contribution is 0.1000. The second-order valence-electron chi connectivity index (χ2n) is 4.13. The van der Waals surface area contributed by atoms with Gasteiger partial charge in [0.25, 0.3) is 5.91 Å². The molecular formula is C12H15N5O. The maximum Gasteiger partial charge on any atom is 0.251 e. The number of aromatic nitrogens is 3. The molecule has 0 aliphatic heterocycles. The maximum absolute atomic E-state index is 11.1. The molecule has 6 nitrogen and oxygen atoms in total. The quantitative estimate of drug-likeness (QED) is 0.809. The third-order valence-electron chi connectivity index (χ3n) is 2.66. The number of carbonyl (C=O) groups is 1. The van der Waals surface area contributed by atoms with Crippen molar-refractivity contribution in [1.82, 2.24) is 14.8 Å². The van der Waals surface area contributed by atoms with Crippen LogP contribution < -0.4 is 11.5 Å². The Bertz CT molecular complexity index is 534. The summed E-state index contributed by atoms with van der Waals surface area (Å²) in [7, 11) is 0. The minimum Gasteiger partial charge on any atom is -0.366 e. The Morgan fingerprint density at radius 2 is 2.22 bits per heavy atom. The zero-order chi connectivity index (χ0) is 13.1. The SMILES string of the molecule is CC(N)C(c1ccccn1)n1cc(C(N)=O)cn1. The Labute approximate surface area is 105 Å². The molecule has 6 heteroatoms. The van der Waals surface area contributed by atoms with Crippen LogP contribution in [-0.4, -0.2) is 26.7 Å². The molecule has 2 atom stereocenters. The fourth-order valence-electron chi connectivity index (χ4n) is 1.81. The van der Waals surface area contributed by atoms with Gasteiger partial charge in [-0.25, -0.2) is 0 Å². The van der Waals surface area contributed by atoms with Gasteiger partial charge in [-0.3, -0.25) is 14.5 Å². The summed E-state index contributed by atoms with van der Waals surface area (Å²) in [5, 5.41) is 4.13. The zero-order valence-corrected chi connectivity index (χ0v) is 10.0. The van der Waals surface area contributed by atoms with Crippen LogP contribution in [0.5, 0.6) is 0 Å². The van der Waals surface area contributed by atoms with Crippen molar-refractivity contribution in [3.8, 4) is 0 Å². The van der Waals surface area contributed by atoms with E-state index in [1.807, 2.05) is 25.1 Å². The highest BCUT2D eigenvalue weighted by atomic mass is 16.1. The van der Waals surface area contributed by atoms with E-state index in [1.165, 1.54) is 6.20 Å². The molecule has 18 heavy (non-hydrogen) atoms. The molecule has 0 radical (unpaired) electrons. The number of nitrogens with two attached hydrogens (primary N) is 2. The van der Waals surface area contributed by atoms with Crippen LogP contribution in [0.2, 0.25) is 0 Å². The van der Waals surface area contributed by atoms with Crippen molar-refractivity contribution >= 4 is 5.91 Å². The Hall–Kier alpha value is -2.21. The van der Waals surface area contributed by atoms with E-state index in [0.717, 1.165) is 5.69 Å². The summed E-state index contributed by atoms with van der Waals surface area (Å²) in [5.74, 6) is -0.509. The number of hydrogen-bond donors (Lipinski definition) is 2. The van der Waals surface area contributed by atoms with Crippen molar-refractivity contribution in [1.29, 1.82) is 0 Å². The minimum absolute atomic E-state index is 0.194. The van der Waals surface area contributed by atoms with Crippen LogP contribution in [0.25, 0.3) is 0 Å². The zero-order valence-electron chi connectivity index (χ0n) is 10.0. The topological polar surface area (TPSA) is 99.8 Å². The van der Waals surface area contributed by atoms with Gasteiger partial charge in [0.05, 0.1) is 17.5 Å². The summed E-state index contributed by atoms with van der Waals surface area (Å²) in [6.45, 7) is 1.87. The molecule has 0 aromatic carbocycles. The van der Waals surface area contributed by atoms with Gasteiger partial charge in [0.1, 0.15) is 6.04 Å². The summed E-state index contributed by atoms with van der Waals surface area (Å²) >= 11 is 0. The fourth-order valence-corrected chi connectivity index (χ4v) is 1.81. The molecule has 0 saturated heterocycles. The van der Waals surface area contributed by atoms with Crippen LogP contribution >= 0.6 is 0 Å². The first-order valence-electron chi connectivity index (χ1n) is 5.60. The van der Waals surface area contributed by atoms with Crippen LogP contribution in [0.4, 0.5) is 0 Å². The molecule has 2 aromatic heterocycles. The van der Waals surface area contributed by atoms with Crippen molar-refractivity contribution in [2.75, 3.05) is 0 Å². The third kappa shape index (κ3) is 2.38. The molecule has 1 amide bonds. The van der Waals surface area contributed by atoms with Crippen LogP contribution in [0, 0.1) is 0 Å². The van der Waals surface area contributed by atoms with Gasteiger partial charge in [-0.05, 0) is 19.1 Å². The van der Waals surface area contributed by atoms with Gasteiger partial charge in [-0.15, -0.1) is 0 Å². The molecule has 0 bridgehead atoms. The second-order valence-corrected chi connectivity index (χ2v) is 4.13. The summed E-state index contributed by atoms with van der Waals surface area (Å²) in [5.41, 5.74) is 12.3. The molecule has 2 unspecified atom stereocenters. The van der Waals surface area contributed by atoms with Crippen LogP contribution in [0.1, 0.15) is 29.0 Å². The third-order valence-corrected chi connectivity index (χ3v) is 2.66. The number of rotatable bonds is 4. The van der Waals surface area contributed by atoms with Crippen LogP contribution in [-0.2, 0) is 0 Å². The number of amides is 1. The lowest BCUT2D eigenvalue weighted by Crippen LogP contribution is -2.31. The second kappa shape index (κ2) is 4.97. The maximum atomic E-state index is 11.1. The molecule has 2 aromatic rings. The van der Waals surface area contributed by atoms with E-state index in [-0.39, 0.29) is 12.1 Å². The van der Waals surface area contributed by atoms with Crippen molar-refractivity contribution in [3.63, 3.8) is 0 Å². The molecule has 4 N–H and O–H groups in total. The number of carbonyl (C=O) groups excluding carboxylic acids is 1. The highest BCUT2D eigenvalue weighted by molar-refractivity contribution is 5.92. The average molecular weight is 245 g/mol. The van der Waals surface area contributed by atoms with E-state index in [0.29, 0.717) is 5.56 Å². The van der Waals surface area contributed by atoms with E-state index in [4.69, 9.17) is 11.5 Å². The van der Waals surface area contributed by atoms with E-state index >= 15 is 0 Å². The predicted molar refractivity (Wildman–Crippen MR) is 66.8 cm³/mol. The molecular weight excluding hydrogens is 230 g/mol. The van der Waals surface area contributed by atoms with Crippen molar-refractivity contribution in [2.24, 2.45) is 11.5 Å². The van der Waals surface area contributed by atoms with Gasteiger partial charge >= 0.3 is 0 Å². The first-order chi connectivity index (χ1) is 8.59. The van der Waals surface area contributed by atoms with Crippen molar-refractivity contribution < 1.29 is 4.79 Å². The lowest BCUT2D eigenvalue weighted by Gasteiger charge is -2.20. The van der Waals surface area contributed by atoms with Crippen LogP contribution in [0.3, 0.4) is 0 Å². The highest BCUT2D eigenvalue weighted by Gasteiger charge is 2.21. The van der Waals surface area contributed by atoms with E-state index in [2.05, 4.69) is 10.1 Å². The van der Waals surface area contributed by atoms with Gasteiger partial charge in [-0.1, -0.05) is 6.07 Å². The van der Waals surface area contributed by atoms with Crippen LogP contribution in [0.15, 0.2) is 36.8 Å². The summed E-state index contributed by atoms with van der Waals surface area (Å²) in [6.07, 6.45) is 4.72. The standard InChI is InChI=1S/C12H15N5O/c1-8(13)11(10-4-2-3-5-15-10)17-7-9(6-16-17)12(14)18/h2-8,11H,13H2,1H3,(H2,14,18). The fraction of sp³-hybridized carbons (Fsp3) is 0.250. The predicted octanol–water partition coefficient (Wildman–Crippen LogP) is 0.314. The number of hydrogen-bond acceptors (Lipinski definition) is 4. The highest BCUT2D eigenvalue weighted by Crippen LogP contribution is 2.18. The van der Waals surface area contributed by atoms with Gasteiger partial charge in [0.2, 0.25) is 0 Å². The van der Waals surface area contributed by atoms with E-state index in [1.54, 1.807) is 17.1 Å². The molecule has 0 saturated carbocycles. The lowest BCUT2D eigenvalue weighted by atomic mass is 10.1. The number of nitrogens with zero attached hydrogens (tertiary/aromatic N) is 3. The molecule has 0 fully saturated rings. The largest absolute Gasteiger partial charge is 0.366 e. The van der Waals surface area contributed by atoms with Gasteiger partial charge in [-0.2, -0.15) is 5.10 Å². The Balaban J connectivity index is 2.39. The molecule has 2 heterocycles. The normalized spacial score (nSPS) is 14.1. The average Bonchev–Trinajstić information content (AvgIpc) is 2.79. The summed E-state index contributed by atoms with van der Waals surface area (Å²) in [4.78, 5) is 15.3. The van der Waals surface area contributed by atoms with Gasteiger partial charge in [0, 0.05) is 18.4 Å². The summed E-state index contributed by atoms with van der Waals surface area (Å²) < 4.78 is 1.62. The first kappa shape index (κ1) is 12.3. The van der Waals surface area contributed by atoms with E-state index in [9.17, 15) is 4.79 Å². The number of pyridine rings is 1. The van der Waals surface area contributed by atoms with E-state index < -0.39 is 5.91 Å². The minimum atomic E-state index is -0.509. The van der Waals surface area contributed by atoms with Gasteiger partial charge in [0.15, 0.2) is 0 Å². The molecule has 0 spiro atoms. The smallest absolute Gasteiger partial charge is 0.251 e. The monoisotopic (exact) mass is 245 g/mol. The number of primary amides is 1.